The molecule has 3 N–H and O–H groups in total. The molecule has 1 fully saturated rings. The molecule has 2 aromatic heterocycles. The molecule has 7 rings (SSSR count). The molecular weight excluding hydrogens is 572 g/mol. The number of ether oxygens (including phenoxy) is 1. The van der Waals surface area contributed by atoms with Gasteiger partial charge in [0.15, 0.2) is 5.82 Å². The van der Waals surface area contributed by atoms with E-state index in [0.29, 0.717) is 18.2 Å². The third-order valence-corrected chi connectivity index (χ3v) is 8.72. The number of amides is 2. The van der Waals surface area contributed by atoms with Crippen molar-refractivity contribution < 1.29 is 9.53 Å². The fourth-order valence-electron chi connectivity index (χ4n) is 6.63. The highest BCUT2D eigenvalue weighted by Gasteiger charge is 2.41. The second-order valence-corrected chi connectivity index (χ2v) is 11.4. The monoisotopic (exact) mass is 608 g/mol. The van der Waals surface area contributed by atoms with Crippen molar-refractivity contribution in [2.45, 2.75) is 30.5 Å². The van der Waals surface area contributed by atoms with Crippen LogP contribution in [0.25, 0.3) is 10.9 Å². The van der Waals surface area contributed by atoms with Gasteiger partial charge in [0.05, 0.1) is 23.0 Å². The van der Waals surface area contributed by atoms with E-state index >= 15 is 0 Å². The number of carbonyl (C=O) groups excluding carboxylic acids is 1. The molecule has 0 spiro atoms. The molecule has 46 heavy (non-hydrogen) atoms. The third kappa shape index (κ3) is 5.37. The number of hydrogen-bond acceptors (Lipinski definition) is 5. The van der Waals surface area contributed by atoms with Gasteiger partial charge in [-0.25, -0.2) is 14.5 Å². The van der Waals surface area contributed by atoms with Gasteiger partial charge in [-0.2, -0.15) is 5.10 Å². The van der Waals surface area contributed by atoms with Gasteiger partial charge in [-0.05, 0) is 35.1 Å². The van der Waals surface area contributed by atoms with Crippen molar-refractivity contribution >= 4 is 28.6 Å². The Labute approximate surface area is 268 Å². The lowest BCUT2D eigenvalue weighted by Gasteiger charge is -2.37. The topological polar surface area (TPSA) is 93.1 Å². The molecule has 3 heterocycles. The summed E-state index contributed by atoms with van der Waals surface area (Å²) in [6.07, 6.45) is 3.53. The summed E-state index contributed by atoms with van der Waals surface area (Å²) in [4.78, 5) is 18.2. The van der Waals surface area contributed by atoms with E-state index in [1.165, 1.54) is 0 Å². The maximum atomic E-state index is 13.5. The molecule has 2 atom stereocenters. The first-order valence-corrected chi connectivity index (χ1v) is 15.7. The second-order valence-electron chi connectivity index (χ2n) is 11.4. The lowest BCUT2D eigenvalue weighted by Crippen LogP contribution is -2.39. The van der Waals surface area contributed by atoms with Crippen LogP contribution < -0.4 is 16.0 Å². The fourth-order valence-corrected chi connectivity index (χ4v) is 6.63. The molecule has 6 aromatic rings. The first kappa shape index (κ1) is 29.3. The van der Waals surface area contributed by atoms with Crippen molar-refractivity contribution in [2.24, 2.45) is 0 Å². The van der Waals surface area contributed by atoms with Gasteiger partial charge in [0.25, 0.3) is 0 Å². The van der Waals surface area contributed by atoms with E-state index in [1.807, 2.05) is 61.6 Å². The van der Waals surface area contributed by atoms with Crippen molar-refractivity contribution in [2.75, 3.05) is 24.3 Å². The number of urea groups is 1. The lowest BCUT2D eigenvalue weighted by molar-refractivity contribution is 0.0815. The molecule has 8 heteroatoms. The quantitative estimate of drug-likeness (QED) is 0.149. The number of benzene rings is 4. The summed E-state index contributed by atoms with van der Waals surface area (Å²) in [6.45, 7) is 0.694. The number of fused-ring (bicyclic) bond motifs is 1. The molecule has 1 unspecified atom stereocenters. The van der Waals surface area contributed by atoms with E-state index < -0.39 is 5.54 Å². The zero-order valence-electron chi connectivity index (χ0n) is 25.6. The number of nitrogens with one attached hydrogen (secondary N) is 3. The third-order valence-electron chi connectivity index (χ3n) is 8.72. The molecule has 2 amide bonds. The number of anilines is 2. The smallest absolute Gasteiger partial charge is 0.320 e. The van der Waals surface area contributed by atoms with Gasteiger partial charge in [0.1, 0.15) is 11.4 Å². The molecule has 1 aliphatic rings. The van der Waals surface area contributed by atoms with E-state index in [-0.39, 0.29) is 18.2 Å². The highest BCUT2D eigenvalue weighted by atomic mass is 16.5. The van der Waals surface area contributed by atoms with Gasteiger partial charge in [-0.3, -0.25) is 5.32 Å². The summed E-state index contributed by atoms with van der Waals surface area (Å²) in [5.41, 5.74) is 4.12. The van der Waals surface area contributed by atoms with Crippen LogP contribution in [0.2, 0.25) is 0 Å². The summed E-state index contributed by atoms with van der Waals surface area (Å²) in [7, 11) is 1.86. The van der Waals surface area contributed by atoms with Gasteiger partial charge in [-0.1, -0.05) is 121 Å². The Morgan fingerprint density at radius 2 is 1.41 bits per heavy atom. The minimum atomic E-state index is -0.837. The first-order valence-electron chi connectivity index (χ1n) is 15.7. The molecule has 8 nitrogen and oxygen atoms in total. The molecule has 1 aliphatic heterocycles. The van der Waals surface area contributed by atoms with Gasteiger partial charge < -0.3 is 15.4 Å². The Morgan fingerprint density at radius 1 is 0.848 bits per heavy atom. The van der Waals surface area contributed by atoms with E-state index in [9.17, 15) is 4.79 Å². The molecule has 230 valence electrons. The molecular formula is C38H36N6O2. The van der Waals surface area contributed by atoms with Crippen LogP contribution in [0.3, 0.4) is 0 Å². The predicted octanol–water partition coefficient (Wildman–Crippen LogP) is 7.36. The summed E-state index contributed by atoms with van der Waals surface area (Å²) >= 11 is 0. The number of carbonyl (C=O) groups is 1. The first-order chi connectivity index (χ1) is 22.7. The highest BCUT2D eigenvalue weighted by Crippen LogP contribution is 2.43. The summed E-state index contributed by atoms with van der Waals surface area (Å²) in [6, 6.07) is 42.4. The SMILES string of the molecule is CNc1nn(C(c2ccccc2)(c2ccccc2)c2ccccc2)c2cc(NC(=O)N[C@@H](c3ccccc3)C3CCCO3)ncc12. The van der Waals surface area contributed by atoms with Crippen molar-refractivity contribution in [1.82, 2.24) is 20.1 Å². The van der Waals surface area contributed by atoms with E-state index in [1.54, 1.807) is 6.20 Å². The number of aromatic nitrogens is 3. The summed E-state index contributed by atoms with van der Waals surface area (Å²) in [5, 5.41) is 15.5. The zero-order chi connectivity index (χ0) is 31.3. The van der Waals surface area contributed by atoms with Crippen molar-refractivity contribution in [3.8, 4) is 0 Å². The van der Waals surface area contributed by atoms with Crippen LogP contribution in [-0.2, 0) is 10.3 Å². The van der Waals surface area contributed by atoms with Crippen LogP contribution in [0.4, 0.5) is 16.4 Å². The maximum absolute atomic E-state index is 13.5. The second kappa shape index (κ2) is 12.9. The van der Waals surface area contributed by atoms with Gasteiger partial charge >= 0.3 is 6.03 Å². The minimum Gasteiger partial charge on any atom is -0.376 e. The average molecular weight is 609 g/mol. The Balaban J connectivity index is 1.35. The van der Waals surface area contributed by atoms with E-state index in [4.69, 9.17) is 9.84 Å². The number of nitrogens with zero attached hydrogens (tertiary/aromatic N) is 3. The minimum absolute atomic E-state index is 0.0913. The average Bonchev–Trinajstić information content (AvgIpc) is 3.78. The van der Waals surface area contributed by atoms with Crippen LogP contribution in [0.1, 0.15) is 41.1 Å². The van der Waals surface area contributed by atoms with E-state index in [0.717, 1.165) is 46.0 Å². The zero-order valence-corrected chi connectivity index (χ0v) is 25.6. The Morgan fingerprint density at radius 3 is 1.93 bits per heavy atom. The van der Waals surface area contributed by atoms with Gasteiger partial charge in [0, 0.05) is 25.9 Å². The number of rotatable bonds is 9. The Kier molecular flexibility index (Phi) is 8.18. The standard InChI is InChI=1S/C38H36N6O2/c1-39-36-31-26-40-34(41-37(45)42-35(33-23-14-24-46-33)27-15-6-2-7-16-27)25-32(31)44(43-36)38(28-17-8-3-9-18-28,29-19-10-4-11-20-29)30-21-12-5-13-22-30/h2-13,15-22,25-26,33,35H,14,23-24H2,1H3,(H,39,43)(H2,40,41,42,45)/t33?,35-/m0/s1. The molecule has 4 aromatic carbocycles. The molecule has 0 radical (unpaired) electrons. The largest absolute Gasteiger partial charge is 0.376 e. The van der Waals surface area contributed by atoms with Crippen molar-refractivity contribution in [1.29, 1.82) is 0 Å². The number of pyridine rings is 1. The summed E-state index contributed by atoms with van der Waals surface area (Å²) < 4.78 is 8.05. The fraction of sp³-hybridized carbons (Fsp3) is 0.184. The molecule has 0 saturated carbocycles. The molecule has 1 saturated heterocycles. The lowest BCUT2D eigenvalue weighted by atomic mass is 9.77. The highest BCUT2D eigenvalue weighted by molar-refractivity contribution is 5.95. The van der Waals surface area contributed by atoms with Crippen LogP contribution in [0.15, 0.2) is 134 Å². The van der Waals surface area contributed by atoms with Crippen LogP contribution in [0, 0.1) is 0 Å². The van der Waals surface area contributed by atoms with Crippen LogP contribution >= 0.6 is 0 Å². The van der Waals surface area contributed by atoms with Crippen LogP contribution in [-0.4, -0.2) is 40.6 Å². The predicted molar refractivity (Wildman–Crippen MR) is 182 cm³/mol. The van der Waals surface area contributed by atoms with Gasteiger partial charge in [0.2, 0.25) is 0 Å². The molecule has 0 bridgehead atoms. The van der Waals surface area contributed by atoms with Crippen molar-refractivity contribution in [3.63, 3.8) is 0 Å². The number of hydrogen-bond donors (Lipinski definition) is 3. The van der Waals surface area contributed by atoms with Crippen LogP contribution in [0.5, 0.6) is 0 Å². The molecule has 0 aliphatic carbocycles. The Hall–Kier alpha value is -5.47. The Bertz CT molecular complexity index is 1810. The summed E-state index contributed by atoms with van der Waals surface area (Å²) in [5.74, 6) is 1.10. The van der Waals surface area contributed by atoms with Crippen molar-refractivity contribution in [3.05, 3.63) is 156 Å². The van der Waals surface area contributed by atoms with E-state index in [2.05, 4.69) is 98.4 Å². The normalized spacial score (nSPS) is 15.4. The van der Waals surface area contributed by atoms with Gasteiger partial charge in [-0.15, -0.1) is 0 Å². The maximum Gasteiger partial charge on any atom is 0.320 e.